The summed E-state index contributed by atoms with van der Waals surface area (Å²) in [7, 11) is 3.73. The van der Waals surface area contributed by atoms with Gasteiger partial charge in [0.15, 0.2) is 23.1 Å². The molecule has 2 aliphatic heterocycles. The first-order chi connectivity index (χ1) is 22.4. The third kappa shape index (κ3) is 7.28. The number of carbonyl (C=O) groups is 1. The highest BCUT2D eigenvalue weighted by atomic mass is 35.5. The summed E-state index contributed by atoms with van der Waals surface area (Å²) in [5, 5.41) is 3.95. The average molecular weight is 647 g/mol. The van der Waals surface area contributed by atoms with Crippen LogP contribution in [0.1, 0.15) is 6.42 Å². The molecule has 0 radical (unpaired) electrons. The van der Waals surface area contributed by atoms with E-state index in [4.69, 9.17) is 25.8 Å². The van der Waals surface area contributed by atoms with Gasteiger partial charge in [-0.1, -0.05) is 23.7 Å². The molecule has 6 rings (SSSR count). The first-order valence-electron chi connectivity index (χ1n) is 15.1. The van der Waals surface area contributed by atoms with Crippen molar-refractivity contribution < 1.29 is 23.4 Å². The van der Waals surface area contributed by atoms with Crippen LogP contribution in [0.5, 0.6) is 23.0 Å². The van der Waals surface area contributed by atoms with Crippen molar-refractivity contribution in [1.82, 2.24) is 19.7 Å². The Kier molecular flexibility index (Phi) is 9.72. The van der Waals surface area contributed by atoms with E-state index in [1.54, 1.807) is 50.0 Å². The molecule has 0 saturated carbocycles. The van der Waals surface area contributed by atoms with E-state index >= 15 is 4.39 Å². The molecule has 10 nitrogen and oxygen atoms in total. The standard InChI is InChI=1S/C34H36ClFN6O4/c1-39-13-15-40(16-14-39)12-5-19-45-33-22-28-25(21-32(33)44-2)30(10-11-37-28)46-31-9-8-24(20-27(31)36)38-34(43)42-18-17-41(23-42)29-7-4-3-6-26(29)35/h3-4,6-11,17-18,20-22H,5,12-16,19,23H2,1-2H3,(H,38,43). The third-order valence-corrected chi connectivity index (χ3v) is 8.34. The monoisotopic (exact) mass is 646 g/mol. The molecule has 12 heteroatoms. The minimum Gasteiger partial charge on any atom is -0.493 e. The number of halogens is 2. The largest absolute Gasteiger partial charge is 0.493 e. The molecular formula is C34H36ClFN6O4. The number of nitrogens with zero attached hydrogens (tertiary/aromatic N) is 5. The number of methoxy groups -OCH3 is 1. The lowest BCUT2D eigenvalue weighted by Gasteiger charge is -2.32. The minimum atomic E-state index is -0.635. The molecule has 4 aromatic rings. The molecule has 46 heavy (non-hydrogen) atoms. The zero-order chi connectivity index (χ0) is 32.0. The average Bonchev–Trinajstić information content (AvgIpc) is 3.55. The summed E-state index contributed by atoms with van der Waals surface area (Å²) in [6, 6.07) is 16.5. The Hall–Kier alpha value is -4.58. The van der Waals surface area contributed by atoms with Crippen LogP contribution >= 0.6 is 11.6 Å². The Morgan fingerprint density at radius 3 is 2.59 bits per heavy atom. The van der Waals surface area contributed by atoms with Crippen LogP contribution in [0.4, 0.5) is 20.6 Å². The van der Waals surface area contributed by atoms with Crippen molar-refractivity contribution in [1.29, 1.82) is 0 Å². The van der Waals surface area contributed by atoms with Crippen LogP contribution in [0, 0.1) is 5.82 Å². The summed E-state index contributed by atoms with van der Waals surface area (Å²) < 4.78 is 32.9. The van der Waals surface area contributed by atoms with Gasteiger partial charge in [-0.15, -0.1) is 0 Å². The third-order valence-electron chi connectivity index (χ3n) is 8.02. The van der Waals surface area contributed by atoms with Crippen molar-refractivity contribution in [3.63, 3.8) is 0 Å². The molecule has 0 spiro atoms. The maximum atomic E-state index is 15.2. The van der Waals surface area contributed by atoms with Crippen molar-refractivity contribution in [2.75, 3.05) is 70.4 Å². The van der Waals surface area contributed by atoms with E-state index in [1.807, 2.05) is 29.2 Å². The number of ether oxygens (including phenoxy) is 3. The predicted molar refractivity (Wildman–Crippen MR) is 178 cm³/mol. The number of amides is 2. The van der Waals surface area contributed by atoms with Gasteiger partial charge in [-0.05, 0) is 49.9 Å². The van der Waals surface area contributed by atoms with Crippen molar-refractivity contribution >= 4 is 39.9 Å². The Balaban J connectivity index is 1.08. The van der Waals surface area contributed by atoms with Gasteiger partial charge in [0.05, 0.1) is 29.9 Å². The molecule has 0 unspecified atom stereocenters. The molecular weight excluding hydrogens is 611 g/mol. The highest BCUT2D eigenvalue weighted by molar-refractivity contribution is 6.33. The number of urea groups is 1. The van der Waals surface area contributed by atoms with Crippen molar-refractivity contribution in [3.05, 3.63) is 90.1 Å². The Labute approximate surface area is 272 Å². The maximum Gasteiger partial charge on any atom is 0.327 e. The number of pyridine rings is 1. The second-order valence-electron chi connectivity index (χ2n) is 11.2. The Morgan fingerprint density at radius 1 is 0.978 bits per heavy atom. The minimum absolute atomic E-state index is 0.000313. The van der Waals surface area contributed by atoms with Gasteiger partial charge in [0, 0.05) is 74.5 Å². The quantitative estimate of drug-likeness (QED) is 0.192. The van der Waals surface area contributed by atoms with Gasteiger partial charge in [-0.3, -0.25) is 9.88 Å². The molecule has 0 atom stereocenters. The van der Waals surface area contributed by atoms with Gasteiger partial charge in [0.2, 0.25) is 0 Å². The number of piperazine rings is 1. The van der Waals surface area contributed by atoms with Gasteiger partial charge >= 0.3 is 6.03 Å². The molecule has 2 amide bonds. The number of rotatable bonds is 10. The number of likely N-dealkylation sites (N-methyl/N-ethyl adjacent to an activating group) is 1. The summed E-state index contributed by atoms with van der Waals surface area (Å²) in [5.41, 5.74) is 1.70. The molecule has 240 valence electrons. The van der Waals surface area contributed by atoms with E-state index in [0.29, 0.717) is 39.8 Å². The summed E-state index contributed by atoms with van der Waals surface area (Å²) in [6.07, 6.45) is 5.90. The normalized spacial score (nSPS) is 15.4. The van der Waals surface area contributed by atoms with Crippen LogP contribution in [0.3, 0.4) is 0 Å². The summed E-state index contributed by atoms with van der Waals surface area (Å²) in [4.78, 5) is 25.5. The zero-order valence-corrected chi connectivity index (χ0v) is 26.5. The molecule has 1 fully saturated rings. The molecule has 1 N–H and O–H groups in total. The molecule has 0 aliphatic carbocycles. The topological polar surface area (TPSA) is 82.6 Å². The summed E-state index contributed by atoms with van der Waals surface area (Å²) in [5.74, 6) is 0.895. The fraction of sp³-hybridized carbons (Fsp3) is 0.294. The molecule has 3 aromatic carbocycles. The van der Waals surface area contributed by atoms with Crippen molar-refractivity contribution in [3.8, 4) is 23.0 Å². The molecule has 2 aliphatic rings. The van der Waals surface area contributed by atoms with Gasteiger partial charge in [0.1, 0.15) is 12.4 Å². The predicted octanol–water partition coefficient (Wildman–Crippen LogP) is 6.63. The SMILES string of the molecule is COc1cc2c(Oc3ccc(NC(=O)N4C=CN(c5ccccc5Cl)C4)cc3F)ccnc2cc1OCCCN1CCN(C)CC1. The fourth-order valence-corrected chi connectivity index (χ4v) is 5.64. The summed E-state index contributed by atoms with van der Waals surface area (Å²) in [6.45, 7) is 6.10. The number of fused-ring (bicyclic) bond motifs is 1. The first kappa shape index (κ1) is 31.4. The Morgan fingerprint density at radius 2 is 1.80 bits per heavy atom. The van der Waals surface area contributed by atoms with Crippen molar-refractivity contribution in [2.45, 2.75) is 6.42 Å². The van der Waals surface area contributed by atoms with Gasteiger partial charge in [-0.2, -0.15) is 0 Å². The van der Waals surface area contributed by atoms with Crippen LogP contribution in [0.25, 0.3) is 10.9 Å². The maximum absolute atomic E-state index is 15.2. The summed E-state index contributed by atoms with van der Waals surface area (Å²) >= 11 is 6.29. The number of benzene rings is 3. The highest BCUT2D eigenvalue weighted by Crippen LogP contribution is 2.38. The number of anilines is 2. The van der Waals surface area contributed by atoms with Crippen LogP contribution in [0.15, 0.2) is 79.3 Å². The first-order valence-corrected chi connectivity index (χ1v) is 15.5. The lowest BCUT2D eigenvalue weighted by Crippen LogP contribution is -2.44. The lowest BCUT2D eigenvalue weighted by molar-refractivity contribution is 0.145. The number of para-hydroxylation sites is 1. The number of hydrogen-bond donors (Lipinski definition) is 1. The van der Waals surface area contributed by atoms with E-state index < -0.39 is 11.8 Å². The van der Waals surface area contributed by atoms with Crippen LogP contribution in [-0.2, 0) is 0 Å². The second-order valence-corrected chi connectivity index (χ2v) is 11.6. The van der Waals surface area contributed by atoms with E-state index in [-0.39, 0.29) is 18.1 Å². The molecule has 3 heterocycles. The molecule has 1 aromatic heterocycles. The van der Waals surface area contributed by atoms with E-state index in [2.05, 4.69) is 27.1 Å². The zero-order valence-electron chi connectivity index (χ0n) is 25.8. The lowest BCUT2D eigenvalue weighted by atomic mass is 10.1. The van der Waals surface area contributed by atoms with Crippen molar-refractivity contribution in [2.24, 2.45) is 0 Å². The number of nitrogens with one attached hydrogen (secondary N) is 1. The van der Waals surface area contributed by atoms with E-state index in [1.165, 1.54) is 17.0 Å². The Bertz CT molecular complexity index is 1730. The fourth-order valence-electron chi connectivity index (χ4n) is 5.40. The van der Waals surface area contributed by atoms with Crippen LogP contribution in [-0.4, -0.2) is 85.9 Å². The van der Waals surface area contributed by atoms with Crippen LogP contribution < -0.4 is 24.4 Å². The van der Waals surface area contributed by atoms with Crippen LogP contribution in [0.2, 0.25) is 5.02 Å². The smallest absolute Gasteiger partial charge is 0.327 e. The van der Waals surface area contributed by atoms with Gasteiger partial charge in [-0.25, -0.2) is 9.18 Å². The van der Waals surface area contributed by atoms with Gasteiger partial charge < -0.3 is 34.2 Å². The molecule has 1 saturated heterocycles. The van der Waals surface area contributed by atoms with E-state index in [9.17, 15) is 4.79 Å². The highest BCUT2D eigenvalue weighted by Gasteiger charge is 2.22. The number of carbonyl (C=O) groups excluding carboxylic acids is 1. The number of hydrogen-bond acceptors (Lipinski definition) is 8. The van der Waals surface area contributed by atoms with Gasteiger partial charge in [0.25, 0.3) is 0 Å². The van der Waals surface area contributed by atoms with E-state index in [0.717, 1.165) is 44.8 Å². The molecule has 0 bridgehead atoms. The number of aromatic nitrogens is 1. The second kappa shape index (κ2) is 14.2.